The first-order valence-electron chi connectivity index (χ1n) is 11.7. The lowest BCUT2D eigenvalue weighted by molar-refractivity contribution is 0.0707. The zero-order valence-corrected chi connectivity index (χ0v) is 19.8. The van der Waals surface area contributed by atoms with Gasteiger partial charge in [-0.25, -0.2) is 14.4 Å². The highest BCUT2D eigenvalue weighted by Crippen LogP contribution is 2.34. The van der Waals surface area contributed by atoms with Crippen molar-refractivity contribution in [2.24, 2.45) is 0 Å². The fourth-order valence-electron chi connectivity index (χ4n) is 4.72. The maximum Gasteiger partial charge on any atom is 0.255 e. The molecule has 3 heterocycles. The Labute approximate surface area is 203 Å². The van der Waals surface area contributed by atoms with Gasteiger partial charge in [-0.3, -0.25) is 9.89 Å². The van der Waals surface area contributed by atoms with E-state index in [0.717, 1.165) is 41.1 Å². The summed E-state index contributed by atoms with van der Waals surface area (Å²) in [6.45, 7) is 5.09. The molecule has 7 nitrogen and oxygen atoms in total. The molecular weight excluding hydrogens is 443 g/mol. The molecule has 0 saturated carbocycles. The van der Waals surface area contributed by atoms with Crippen LogP contribution in [-0.2, 0) is 0 Å². The summed E-state index contributed by atoms with van der Waals surface area (Å²) in [4.78, 5) is 24.4. The van der Waals surface area contributed by atoms with Gasteiger partial charge >= 0.3 is 0 Å². The van der Waals surface area contributed by atoms with Crippen molar-refractivity contribution in [2.45, 2.75) is 32.6 Å². The molecule has 1 amide bonds. The standard InChI is InChI=1S/C27H27FN6O/c1-17-14-18(2)31-27(30-17)32-24-8-4-3-7-22(24)26(35)34-13-5-6-20(16-34)25-23(15-29-33-25)19-9-11-21(28)12-10-19/h3-4,7-12,14-15,20H,5-6,13,16H2,1-2H3,(H,29,33)(H,30,31,32)/t20-/m0/s1. The number of hydrogen-bond donors (Lipinski definition) is 2. The van der Waals surface area contributed by atoms with Gasteiger partial charge in [-0.05, 0) is 62.6 Å². The van der Waals surface area contributed by atoms with E-state index in [1.807, 2.05) is 49.1 Å². The molecule has 2 N–H and O–H groups in total. The number of aromatic amines is 1. The highest BCUT2D eigenvalue weighted by molar-refractivity contribution is 6.00. The molecular formula is C27H27FN6O. The lowest BCUT2D eigenvalue weighted by atomic mass is 9.90. The van der Waals surface area contributed by atoms with Gasteiger partial charge in [0, 0.05) is 41.7 Å². The molecule has 0 unspecified atom stereocenters. The molecule has 1 saturated heterocycles. The summed E-state index contributed by atoms with van der Waals surface area (Å²) < 4.78 is 13.4. The molecule has 1 aliphatic rings. The van der Waals surface area contributed by atoms with Crippen LogP contribution in [-0.4, -0.2) is 44.1 Å². The van der Waals surface area contributed by atoms with E-state index in [-0.39, 0.29) is 17.6 Å². The number of piperidine rings is 1. The number of H-pyrrole nitrogens is 1. The number of aryl methyl sites for hydroxylation is 2. The molecule has 8 heteroatoms. The SMILES string of the molecule is Cc1cc(C)nc(Nc2ccccc2C(=O)N2CCC[C@H](c3[nH]ncc3-c3ccc(F)cc3)C2)n1. The summed E-state index contributed by atoms with van der Waals surface area (Å²) in [6, 6.07) is 15.8. The number of aromatic nitrogens is 4. The molecule has 5 rings (SSSR count). The topological polar surface area (TPSA) is 86.8 Å². The molecule has 1 atom stereocenters. The third-order valence-corrected chi connectivity index (χ3v) is 6.33. The quantitative estimate of drug-likeness (QED) is 0.409. The van der Waals surface area contributed by atoms with Gasteiger partial charge in [0.15, 0.2) is 0 Å². The summed E-state index contributed by atoms with van der Waals surface area (Å²) >= 11 is 0. The zero-order valence-electron chi connectivity index (χ0n) is 19.8. The number of halogens is 1. The molecule has 0 bridgehead atoms. The van der Waals surface area contributed by atoms with Crippen molar-refractivity contribution in [1.82, 2.24) is 25.1 Å². The van der Waals surface area contributed by atoms with Gasteiger partial charge in [0.05, 0.1) is 17.4 Å². The van der Waals surface area contributed by atoms with Crippen molar-refractivity contribution in [2.75, 3.05) is 18.4 Å². The number of nitrogens with zero attached hydrogens (tertiary/aromatic N) is 4. The molecule has 0 aliphatic carbocycles. The Balaban J connectivity index is 1.37. The van der Waals surface area contributed by atoms with E-state index in [1.54, 1.807) is 18.3 Å². The predicted octanol–water partition coefficient (Wildman–Crippen LogP) is 5.39. The van der Waals surface area contributed by atoms with Crippen LogP contribution in [0.2, 0.25) is 0 Å². The second-order valence-electron chi connectivity index (χ2n) is 8.94. The second-order valence-corrected chi connectivity index (χ2v) is 8.94. The summed E-state index contributed by atoms with van der Waals surface area (Å²) in [5.41, 5.74) is 5.81. The Morgan fingerprint density at radius 3 is 2.60 bits per heavy atom. The molecule has 2 aromatic heterocycles. The van der Waals surface area contributed by atoms with Crippen molar-refractivity contribution in [3.8, 4) is 11.1 Å². The van der Waals surface area contributed by atoms with Crippen molar-refractivity contribution in [1.29, 1.82) is 0 Å². The van der Waals surface area contributed by atoms with E-state index in [1.165, 1.54) is 12.1 Å². The first-order valence-corrected chi connectivity index (χ1v) is 11.7. The first kappa shape index (κ1) is 22.7. The molecule has 2 aromatic carbocycles. The normalized spacial score (nSPS) is 15.7. The van der Waals surface area contributed by atoms with Crippen LogP contribution in [0.3, 0.4) is 0 Å². The number of hydrogen-bond acceptors (Lipinski definition) is 5. The van der Waals surface area contributed by atoms with Crippen LogP contribution in [0, 0.1) is 19.7 Å². The van der Waals surface area contributed by atoms with Gasteiger partial charge in [0.1, 0.15) is 5.82 Å². The Bertz CT molecular complexity index is 1330. The van der Waals surface area contributed by atoms with Gasteiger partial charge < -0.3 is 10.2 Å². The largest absolute Gasteiger partial charge is 0.338 e. The predicted molar refractivity (Wildman–Crippen MR) is 133 cm³/mol. The highest BCUT2D eigenvalue weighted by atomic mass is 19.1. The number of benzene rings is 2. The van der Waals surface area contributed by atoms with Crippen LogP contribution in [0.15, 0.2) is 60.8 Å². The van der Waals surface area contributed by atoms with Crippen molar-refractivity contribution in [3.05, 3.63) is 89.3 Å². The fourth-order valence-corrected chi connectivity index (χ4v) is 4.72. The van der Waals surface area contributed by atoms with E-state index in [9.17, 15) is 9.18 Å². The van der Waals surface area contributed by atoms with Gasteiger partial charge in [-0.15, -0.1) is 0 Å². The summed E-state index contributed by atoms with van der Waals surface area (Å²) in [7, 11) is 0. The minimum Gasteiger partial charge on any atom is -0.338 e. The number of anilines is 2. The number of carbonyl (C=O) groups is 1. The van der Waals surface area contributed by atoms with E-state index in [0.29, 0.717) is 30.3 Å². The maximum absolute atomic E-state index is 13.6. The van der Waals surface area contributed by atoms with Crippen LogP contribution in [0.5, 0.6) is 0 Å². The van der Waals surface area contributed by atoms with Crippen molar-refractivity contribution in [3.63, 3.8) is 0 Å². The van der Waals surface area contributed by atoms with E-state index >= 15 is 0 Å². The van der Waals surface area contributed by atoms with Crippen LogP contribution in [0.1, 0.15) is 46.2 Å². The van der Waals surface area contributed by atoms with Crippen molar-refractivity contribution < 1.29 is 9.18 Å². The van der Waals surface area contributed by atoms with Gasteiger partial charge in [0.25, 0.3) is 5.91 Å². The third-order valence-electron chi connectivity index (χ3n) is 6.33. The minimum atomic E-state index is -0.272. The minimum absolute atomic E-state index is 0.0370. The Kier molecular flexibility index (Phi) is 6.27. The highest BCUT2D eigenvalue weighted by Gasteiger charge is 2.29. The molecule has 1 fully saturated rings. The average molecular weight is 471 g/mol. The number of rotatable bonds is 5. The van der Waals surface area contributed by atoms with E-state index in [2.05, 4.69) is 25.5 Å². The molecule has 0 spiro atoms. The Hall–Kier alpha value is -4.07. The number of amides is 1. The lowest BCUT2D eigenvalue weighted by Crippen LogP contribution is -2.39. The smallest absolute Gasteiger partial charge is 0.255 e. The number of para-hydroxylation sites is 1. The fraction of sp³-hybridized carbons (Fsp3) is 0.259. The molecule has 178 valence electrons. The van der Waals surface area contributed by atoms with Crippen LogP contribution in [0.4, 0.5) is 16.0 Å². The maximum atomic E-state index is 13.6. The number of nitrogens with one attached hydrogen (secondary N) is 2. The van der Waals surface area contributed by atoms with Gasteiger partial charge in [-0.1, -0.05) is 24.3 Å². The van der Waals surface area contributed by atoms with Crippen molar-refractivity contribution >= 4 is 17.5 Å². The number of carbonyl (C=O) groups excluding carboxylic acids is 1. The monoisotopic (exact) mass is 470 g/mol. The van der Waals surface area contributed by atoms with Gasteiger partial charge in [0.2, 0.25) is 5.95 Å². The Morgan fingerprint density at radius 2 is 1.83 bits per heavy atom. The second kappa shape index (κ2) is 9.66. The number of likely N-dealkylation sites (tertiary alicyclic amines) is 1. The van der Waals surface area contributed by atoms with Crippen LogP contribution in [0.25, 0.3) is 11.1 Å². The molecule has 35 heavy (non-hydrogen) atoms. The van der Waals surface area contributed by atoms with Gasteiger partial charge in [-0.2, -0.15) is 5.10 Å². The lowest BCUT2D eigenvalue weighted by Gasteiger charge is -2.33. The van der Waals surface area contributed by atoms with E-state index in [4.69, 9.17) is 0 Å². The summed E-state index contributed by atoms with van der Waals surface area (Å²) in [5.74, 6) is 0.274. The molecule has 1 aliphatic heterocycles. The van der Waals surface area contributed by atoms with Crippen LogP contribution < -0.4 is 5.32 Å². The van der Waals surface area contributed by atoms with Crippen LogP contribution >= 0.6 is 0 Å². The molecule has 4 aromatic rings. The zero-order chi connectivity index (χ0) is 24.4. The first-order chi connectivity index (χ1) is 17.0. The average Bonchev–Trinajstić information content (AvgIpc) is 3.34. The summed E-state index contributed by atoms with van der Waals surface area (Å²) in [6.07, 6.45) is 3.59. The molecule has 0 radical (unpaired) electrons. The Morgan fingerprint density at radius 1 is 1.09 bits per heavy atom. The van der Waals surface area contributed by atoms with E-state index < -0.39 is 0 Å². The third kappa shape index (κ3) is 4.91. The summed E-state index contributed by atoms with van der Waals surface area (Å²) in [5, 5.41) is 10.6.